The molecule has 1 aliphatic rings. The minimum Gasteiger partial charge on any atom is -0.382 e. The number of carbonyl (C=O) groups excluding carboxylic acids is 1. The second-order valence-corrected chi connectivity index (χ2v) is 3.97. The Morgan fingerprint density at radius 2 is 2.47 bits per heavy atom. The number of hydrogen-bond donors (Lipinski definition) is 3. The topological polar surface area (TPSA) is 101 Å². The van der Waals surface area contributed by atoms with Gasteiger partial charge in [-0.1, -0.05) is 5.16 Å². The molecule has 0 radical (unpaired) electrons. The highest BCUT2D eigenvalue weighted by Gasteiger charge is 2.44. The number of nitrogens with two attached hydrogens (primary N) is 1. The van der Waals surface area contributed by atoms with Crippen molar-refractivity contribution >= 4 is 5.91 Å². The summed E-state index contributed by atoms with van der Waals surface area (Å²) < 4.78 is 4.94. The second kappa shape index (κ2) is 3.32. The fourth-order valence-electron chi connectivity index (χ4n) is 1.54. The van der Waals surface area contributed by atoms with Crippen LogP contribution in [0.4, 0.5) is 0 Å². The van der Waals surface area contributed by atoms with Crippen molar-refractivity contribution in [2.45, 2.75) is 25.4 Å². The van der Waals surface area contributed by atoms with Crippen LogP contribution in [0, 0.1) is 5.92 Å². The molecule has 6 nitrogen and oxygen atoms in total. The van der Waals surface area contributed by atoms with Crippen molar-refractivity contribution in [3.05, 3.63) is 17.5 Å². The largest absolute Gasteiger partial charge is 0.382 e. The average molecular weight is 211 g/mol. The Hall–Kier alpha value is -1.40. The SMILES string of the molecule is C[C@@](O)(c1cc(C(=O)NN)no1)C1CC1. The van der Waals surface area contributed by atoms with E-state index in [2.05, 4.69) is 5.16 Å². The summed E-state index contributed by atoms with van der Waals surface area (Å²) in [6.07, 6.45) is 1.93. The number of aromatic nitrogens is 1. The van der Waals surface area contributed by atoms with Crippen LogP contribution in [0.25, 0.3) is 0 Å². The summed E-state index contributed by atoms with van der Waals surface area (Å²) in [5, 5.41) is 13.6. The molecule has 82 valence electrons. The molecule has 0 saturated heterocycles. The Morgan fingerprint density at radius 1 is 1.80 bits per heavy atom. The van der Waals surface area contributed by atoms with Gasteiger partial charge in [-0.15, -0.1) is 0 Å². The summed E-state index contributed by atoms with van der Waals surface area (Å²) in [6, 6.07) is 1.42. The van der Waals surface area contributed by atoms with Gasteiger partial charge in [-0.25, -0.2) is 5.84 Å². The highest BCUT2D eigenvalue weighted by Crippen LogP contribution is 2.45. The molecule has 0 spiro atoms. The molecule has 1 amide bonds. The lowest BCUT2D eigenvalue weighted by atomic mass is 9.97. The predicted octanol–water partition coefficient (Wildman–Crippen LogP) is -0.104. The molecule has 1 fully saturated rings. The number of rotatable bonds is 3. The van der Waals surface area contributed by atoms with Gasteiger partial charge in [0.15, 0.2) is 11.5 Å². The van der Waals surface area contributed by atoms with Gasteiger partial charge in [0, 0.05) is 6.07 Å². The van der Waals surface area contributed by atoms with Gasteiger partial charge in [0.1, 0.15) is 5.60 Å². The van der Waals surface area contributed by atoms with Crippen molar-refractivity contribution in [3.63, 3.8) is 0 Å². The van der Waals surface area contributed by atoms with Crippen LogP contribution in [0.1, 0.15) is 36.0 Å². The molecular formula is C9H13N3O3. The molecule has 15 heavy (non-hydrogen) atoms. The van der Waals surface area contributed by atoms with Gasteiger partial charge in [-0.05, 0) is 25.7 Å². The summed E-state index contributed by atoms with van der Waals surface area (Å²) in [6.45, 7) is 1.66. The van der Waals surface area contributed by atoms with Crippen LogP contribution >= 0.6 is 0 Å². The van der Waals surface area contributed by atoms with E-state index >= 15 is 0 Å². The van der Waals surface area contributed by atoms with E-state index in [1.807, 2.05) is 5.43 Å². The van der Waals surface area contributed by atoms with Crippen molar-refractivity contribution in [1.82, 2.24) is 10.6 Å². The lowest BCUT2D eigenvalue weighted by molar-refractivity contribution is 0.00595. The molecular weight excluding hydrogens is 198 g/mol. The lowest BCUT2D eigenvalue weighted by Crippen LogP contribution is -2.30. The Labute approximate surface area is 86.4 Å². The van der Waals surface area contributed by atoms with E-state index in [9.17, 15) is 9.90 Å². The van der Waals surface area contributed by atoms with E-state index in [1.54, 1.807) is 6.92 Å². The zero-order chi connectivity index (χ0) is 11.1. The standard InChI is InChI=1S/C9H13N3O3/c1-9(14,5-2-3-5)7-4-6(12-15-7)8(13)11-10/h4-5,14H,2-3,10H2,1H3,(H,11,13)/t9-/m0/s1. The summed E-state index contributed by atoms with van der Waals surface area (Å²) in [7, 11) is 0. The fraction of sp³-hybridized carbons (Fsp3) is 0.556. The molecule has 1 aromatic heterocycles. The number of carbonyl (C=O) groups is 1. The van der Waals surface area contributed by atoms with Gasteiger partial charge in [0.2, 0.25) is 0 Å². The third-order valence-corrected chi connectivity index (χ3v) is 2.75. The van der Waals surface area contributed by atoms with Crippen LogP contribution in [0.5, 0.6) is 0 Å². The zero-order valence-electron chi connectivity index (χ0n) is 8.36. The van der Waals surface area contributed by atoms with Crippen molar-refractivity contribution < 1.29 is 14.4 Å². The van der Waals surface area contributed by atoms with Crippen LogP contribution in [0.3, 0.4) is 0 Å². The Balaban J connectivity index is 2.22. The maximum absolute atomic E-state index is 11.1. The van der Waals surface area contributed by atoms with Crippen molar-refractivity contribution in [1.29, 1.82) is 0 Å². The first-order valence-corrected chi connectivity index (χ1v) is 4.76. The smallest absolute Gasteiger partial charge is 0.287 e. The molecule has 0 bridgehead atoms. The molecule has 1 saturated carbocycles. The Morgan fingerprint density at radius 3 is 3.00 bits per heavy atom. The van der Waals surface area contributed by atoms with E-state index in [1.165, 1.54) is 6.07 Å². The molecule has 1 atom stereocenters. The van der Waals surface area contributed by atoms with Gasteiger partial charge in [0.25, 0.3) is 5.91 Å². The number of aliphatic hydroxyl groups is 1. The summed E-state index contributed by atoms with van der Waals surface area (Å²) >= 11 is 0. The number of nitrogens with one attached hydrogen (secondary N) is 1. The first kappa shape index (κ1) is 10.1. The van der Waals surface area contributed by atoms with Crippen LogP contribution in [-0.2, 0) is 5.60 Å². The van der Waals surface area contributed by atoms with Gasteiger partial charge in [-0.3, -0.25) is 10.2 Å². The average Bonchev–Trinajstić information content (AvgIpc) is 2.95. The van der Waals surface area contributed by atoms with Crippen LogP contribution in [0.2, 0.25) is 0 Å². The van der Waals surface area contributed by atoms with Gasteiger partial charge in [-0.2, -0.15) is 0 Å². The molecule has 1 heterocycles. The molecule has 0 aliphatic heterocycles. The van der Waals surface area contributed by atoms with Crippen LogP contribution in [0.15, 0.2) is 10.6 Å². The number of amides is 1. The Kier molecular flexibility index (Phi) is 2.24. The van der Waals surface area contributed by atoms with Gasteiger partial charge < -0.3 is 9.63 Å². The van der Waals surface area contributed by atoms with Crippen molar-refractivity contribution in [2.24, 2.45) is 11.8 Å². The third kappa shape index (κ3) is 1.73. The first-order chi connectivity index (χ1) is 7.05. The maximum atomic E-state index is 11.1. The summed E-state index contributed by atoms with van der Waals surface area (Å²) in [5.74, 6) is 4.92. The number of hydrazine groups is 1. The number of nitrogen functional groups attached to an aromatic ring is 1. The highest BCUT2D eigenvalue weighted by molar-refractivity contribution is 5.91. The van der Waals surface area contributed by atoms with Crippen LogP contribution in [-0.4, -0.2) is 16.2 Å². The number of nitrogens with zero attached hydrogens (tertiary/aromatic N) is 1. The van der Waals surface area contributed by atoms with E-state index in [4.69, 9.17) is 10.4 Å². The molecule has 1 aliphatic carbocycles. The number of hydrogen-bond acceptors (Lipinski definition) is 5. The van der Waals surface area contributed by atoms with E-state index in [0.29, 0.717) is 5.76 Å². The molecule has 0 aromatic carbocycles. The Bertz CT molecular complexity index is 382. The maximum Gasteiger partial charge on any atom is 0.287 e. The molecule has 2 rings (SSSR count). The minimum absolute atomic E-state index is 0.0772. The van der Waals surface area contributed by atoms with Crippen molar-refractivity contribution in [2.75, 3.05) is 0 Å². The minimum atomic E-state index is -1.04. The summed E-state index contributed by atoms with van der Waals surface area (Å²) in [5.41, 5.74) is 0.984. The second-order valence-electron chi connectivity index (χ2n) is 3.97. The quantitative estimate of drug-likeness (QED) is 0.368. The van der Waals surface area contributed by atoms with Crippen molar-refractivity contribution in [3.8, 4) is 0 Å². The van der Waals surface area contributed by atoms with E-state index < -0.39 is 11.5 Å². The predicted molar refractivity (Wildman–Crippen MR) is 50.5 cm³/mol. The summed E-state index contributed by atoms with van der Waals surface area (Å²) in [4.78, 5) is 11.1. The molecule has 1 aromatic rings. The molecule has 0 unspecified atom stereocenters. The fourth-order valence-corrected chi connectivity index (χ4v) is 1.54. The monoisotopic (exact) mass is 211 g/mol. The highest BCUT2D eigenvalue weighted by atomic mass is 16.5. The molecule has 6 heteroatoms. The zero-order valence-corrected chi connectivity index (χ0v) is 8.36. The third-order valence-electron chi connectivity index (χ3n) is 2.75. The normalized spacial score (nSPS) is 19.7. The van der Waals surface area contributed by atoms with Gasteiger partial charge >= 0.3 is 0 Å². The lowest BCUT2D eigenvalue weighted by Gasteiger charge is -2.18. The van der Waals surface area contributed by atoms with Gasteiger partial charge in [0.05, 0.1) is 0 Å². The van der Waals surface area contributed by atoms with E-state index in [-0.39, 0.29) is 11.6 Å². The first-order valence-electron chi connectivity index (χ1n) is 4.76. The molecule has 4 N–H and O–H groups in total. The van der Waals surface area contributed by atoms with E-state index in [0.717, 1.165) is 12.8 Å². The van der Waals surface area contributed by atoms with Crippen LogP contribution < -0.4 is 11.3 Å².